The molecule has 2 rings (SSSR count). The number of ether oxygens (including phenoxy) is 1. The molecular weight excluding hydrogens is 236 g/mol. The van der Waals surface area contributed by atoms with Crippen LogP contribution in [0.15, 0.2) is 0 Å². The van der Waals surface area contributed by atoms with E-state index in [2.05, 4.69) is 10.3 Å². The van der Waals surface area contributed by atoms with Crippen molar-refractivity contribution in [2.75, 3.05) is 11.9 Å². The van der Waals surface area contributed by atoms with Gasteiger partial charge in [-0.1, -0.05) is 0 Å². The summed E-state index contributed by atoms with van der Waals surface area (Å²) in [5.41, 5.74) is 0. The number of hydrogen-bond acceptors (Lipinski definition) is 5. The van der Waals surface area contributed by atoms with Gasteiger partial charge < -0.3 is 20.2 Å². The first-order valence-electron chi connectivity index (χ1n) is 6.08. The highest BCUT2D eigenvalue weighted by Gasteiger charge is 2.33. The zero-order valence-electron chi connectivity index (χ0n) is 10.8. The van der Waals surface area contributed by atoms with Crippen LogP contribution < -0.4 is 5.32 Å². The molecule has 1 aliphatic carbocycles. The fraction of sp³-hybridized carbons (Fsp3) is 0.727. The monoisotopic (exact) mass is 254 g/mol. The average molecular weight is 254 g/mol. The second-order valence-corrected chi connectivity index (χ2v) is 4.54. The van der Waals surface area contributed by atoms with Crippen LogP contribution in [0.4, 0.5) is 11.6 Å². The predicted octanol–water partition coefficient (Wildman–Crippen LogP) is 1.62. The Hall–Kier alpha value is -1.63. The number of rotatable bonds is 5. The van der Waals surface area contributed by atoms with Crippen molar-refractivity contribution < 1.29 is 9.66 Å². The number of nitrogens with zero attached hydrogens (tertiary/aromatic N) is 3. The Kier molecular flexibility index (Phi) is 3.51. The molecule has 100 valence electrons. The summed E-state index contributed by atoms with van der Waals surface area (Å²) in [6, 6.07) is 0.232. The lowest BCUT2D eigenvalue weighted by Gasteiger charge is -2.35. The van der Waals surface area contributed by atoms with E-state index < -0.39 is 4.92 Å². The molecule has 1 N–H and O–H groups in total. The minimum atomic E-state index is -0.450. The van der Waals surface area contributed by atoms with Crippen molar-refractivity contribution in [3.05, 3.63) is 15.9 Å². The average Bonchev–Trinajstić information content (AvgIpc) is 2.54. The van der Waals surface area contributed by atoms with Gasteiger partial charge >= 0.3 is 5.82 Å². The van der Waals surface area contributed by atoms with E-state index in [1.807, 2.05) is 6.92 Å². The number of nitro groups is 1. The van der Waals surface area contributed by atoms with Crippen molar-refractivity contribution in [1.82, 2.24) is 9.55 Å². The molecule has 0 aliphatic heterocycles. The summed E-state index contributed by atoms with van der Waals surface area (Å²) in [5.74, 6) is 1.01. The van der Waals surface area contributed by atoms with Crippen molar-refractivity contribution in [3.8, 4) is 0 Å². The highest BCUT2D eigenvalue weighted by Crippen LogP contribution is 2.31. The molecule has 0 aromatic carbocycles. The summed E-state index contributed by atoms with van der Waals surface area (Å²) in [6.07, 6.45) is 2.05. The molecule has 0 unspecified atom stereocenters. The number of hydrogen-bond donors (Lipinski definition) is 1. The van der Waals surface area contributed by atoms with Gasteiger partial charge in [0.2, 0.25) is 11.6 Å². The summed E-state index contributed by atoms with van der Waals surface area (Å²) in [6.45, 7) is 4.43. The summed E-state index contributed by atoms with van der Waals surface area (Å²) >= 11 is 0. The molecule has 1 aromatic heterocycles. The molecule has 0 saturated heterocycles. The lowest BCUT2D eigenvalue weighted by atomic mass is 9.89. The molecule has 1 aromatic rings. The zero-order chi connectivity index (χ0) is 13.3. The van der Waals surface area contributed by atoms with E-state index in [1.165, 1.54) is 0 Å². The summed E-state index contributed by atoms with van der Waals surface area (Å²) in [7, 11) is 1.77. The van der Waals surface area contributed by atoms with Gasteiger partial charge in [-0.3, -0.25) is 4.57 Å². The fourth-order valence-corrected chi connectivity index (χ4v) is 2.13. The third-order valence-corrected chi connectivity index (χ3v) is 3.31. The first-order chi connectivity index (χ1) is 8.52. The molecule has 1 aliphatic rings. The Morgan fingerprint density at radius 2 is 2.28 bits per heavy atom. The normalized spacial score (nSPS) is 22.6. The Bertz CT molecular complexity index is 451. The molecule has 0 amide bonds. The minimum Gasteiger partial charge on any atom is -0.378 e. The van der Waals surface area contributed by atoms with Gasteiger partial charge in [0.25, 0.3) is 0 Å². The van der Waals surface area contributed by atoms with Crippen molar-refractivity contribution in [2.45, 2.75) is 38.8 Å². The first-order valence-corrected chi connectivity index (χ1v) is 6.08. The molecule has 1 saturated carbocycles. The number of anilines is 1. The van der Waals surface area contributed by atoms with Crippen molar-refractivity contribution in [1.29, 1.82) is 0 Å². The van der Waals surface area contributed by atoms with E-state index in [9.17, 15) is 10.1 Å². The standard InChI is InChI=1S/C11H18N4O3/c1-4-18-9-5-8(6-9)13-10-11(15(16)17)12-7(2)14(10)3/h8-9,13H,4-6H2,1-3H3. The highest BCUT2D eigenvalue weighted by atomic mass is 16.6. The number of nitrogens with one attached hydrogen (secondary N) is 1. The van der Waals surface area contributed by atoms with Crippen molar-refractivity contribution in [3.63, 3.8) is 0 Å². The highest BCUT2D eigenvalue weighted by molar-refractivity contribution is 5.54. The van der Waals surface area contributed by atoms with Crippen LogP contribution >= 0.6 is 0 Å². The molecule has 0 atom stereocenters. The summed E-state index contributed by atoms with van der Waals surface area (Å²) < 4.78 is 7.18. The number of imidazole rings is 1. The Balaban J connectivity index is 2.04. The smallest absolute Gasteiger partial charge is 0.378 e. The maximum absolute atomic E-state index is 10.9. The fourth-order valence-electron chi connectivity index (χ4n) is 2.13. The lowest BCUT2D eigenvalue weighted by molar-refractivity contribution is -0.388. The quantitative estimate of drug-likeness (QED) is 0.637. The van der Waals surface area contributed by atoms with Gasteiger partial charge in [-0.2, -0.15) is 0 Å². The minimum absolute atomic E-state index is 0.102. The second kappa shape index (κ2) is 4.93. The van der Waals surface area contributed by atoms with Crippen LogP contribution in [-0.2, 0) is 11.8 Å². The van der Waals surface area contributed by atoms with Gasteiger partial charge in [-0.15, -0.1) is 0 Å². The van der Waals surface area contributed by atoms with Gasteiger partial charge in [-0.05, 0) is 29.7 Å². The van der Waals surface area contributed by atoms with Crippen LogP contribution in [0.1, 0.15) is 25.6 Å². The van der Waals surface area contributed by atoms with Crippen LogP contribution in [0.3, 0.4) is 0 Å². The Labute approximate surface area is 105 Å². The van der Waals surface area contributed by atoms with E-state index in [-0.39, 0.29) is 18.0 Å². The van der Waals surface area contributed by atoms with Gasteiger partial charge in [-0.25, -0.2) is 0 Å². The third-order valence-electron chi connectivity index (χ3n) is 3.31. The molecule has 18 heavy (non-hydrogen) atoms. The Morgan fingerprint density at radius 3 is 2.83 bits per heavy atom. The topological polar surface area (TPSA) is 82.2 Å². The van der Waals surface area contributed by atoms with E-state index in [0.717, 1.165) is 12.8 Å². The van der Waals surface area contributed by atoms with Crippen molar-refractivity contribution in [2.24, 2.45) is 7.05 Å². The predicted molar refractivity (Wildman–Crippen MR) is 66.7 cm³/mol. The number of aryl methyl sites for hydroxylation is 1. The van der Waals surface area contributed by atoms with E-state index >= 15 is 0 Å². The molecule has 1 fully saturated rings. The molecule has 1 heterocycles. The number of aromatic nitrogens is 2. The molecule has 7 heteroatoms. The van der Waals surface area contributed by atoms with Crippen LogP contribution in [0.2, 0.25) is 0 Å². The Morgan fingerprint density at radius 1 is 1.61 bits per heavy atom. The van der Waals surface area contributed by atoms with Gasteiger partial charge in [0, 0.05) is 26.6 Å². The van der Waals surface area contributed by atoms with Crippen LogP contribution in [-0.4, -0.2) is 33.2 Å². The summed E-state index contributed by atoms with van der Waals surface area (Å²) in [4.78, 5) is 14.4. The maximum atomic E-state index is 10.9. The van der Waals surface area contributed by atoms with Crippen LogP contribution in [0.25, 0.3) is 0 Å². The SMILES string of the molecule is CCOC1CC(Nc2c([N+](=O)[O-])nc(C)n2C)C1. The molecule has 0 radical (unpaired) electrons. The lowest BCUT2D eigenvalue weighted by Crippen LogP contribution is -2.41. The molecular formula is C11H18N4O3. The van der Waals surface area contributed by atoms with Crippen LogP contribution in [0, 0.1) is 17.0 Å². The largest absolute Gasteiger partial charge is 0.406 e. The van der Waals surface area contributed by atoms with Crippen LogP contribution in [0.5, 0.6) is 0 Å². The van der Waals surface area contributed by atoms with Gasteiger partial charge in [0.1, 0.15) is 0 Å². The first kappa shape index (κ1) is 12.8. The third kappa shape index (κ3) is 2.31. The molecule has 0 bridgehead atoms. The zero-order valence-corrected chi connectivity index (χ0v) is 10.8. The maximum Gasteiger partial charge on any atom is 0.406 e. The van der Waals surface area contributed by atoms with Crippen molar-refractivity contribution >= 4 is 11.6 Å². The van der Waals surface area contributed by atoms with E-state index in [0.29, 0.717) is 18.2 Å². The van der Waals surface area contributed by atoms with E-state index in [4.69, 9.17) is 4.74 Å². The summed E-state index contributed by atoms with van der Waals surface area (Å²) in [5, 5.41) is 14.1. The van der Waals surface area contributed by atoms with Gasteiger partial charge in [0.05, 0.1) is 6.10 Å². The second-order valence-electron chi connectivity index (χ2n) is 4.54. The molecule has 0 spiro atoms. The van der Waals surface area contributed by atoms with Gasteiger partial charge in [0.15, 0.2) is 0 Å². The molecule has 7 nitrogen and oxygen atoms in total. The van der Waals surface area contributed by atoms with E-state index in [1.54, 1.807) is 18.5 Å².